The minimum Gasteiger partial charge on any atom is -0.393 e. The summed E-state index contributed by atoms with van der Waals surface area (Å²) in [5.74, 6) is 2.04. The van der Waals surface area contributed by atoms with E-state index in [4.69, 9.17) is 9.97 Å². The van der Waals surface area contributed by atoms with Crippen molar-refractivity contribution in [2.24, 2.45) is 0 Å². The Kier molecular flexibility index (Phi) is 4.45. The predicted octanol–water partition coefficient (Wildman–Crippen LogP) is 2.87. The third kappa shape index (κ3) is 3.03. The van der Waals surface area contributed by atoms with Crippen molar-refractivity contribution in [3.8, 4) is 0 Å². The summed E-state index contributed by atoms with van der Waals surface area (Å²) in [5, 5.41) is 11.0. The standard InChI is InChI=1S/C18H26N4OS/c1-12-13(2)24-18-16(12)17(22-9-5-14(23)6-10-22)19-15(20-18)11-21-7-3-4-8-21/h14,23H,3-11H2,1-2H3. The Bertz CT molecular complexity index is 730. The second kappa shape index (κ2) is 6.58. The van der Waals surface area contributed by atoms with E-state index in [1.807, 2.05) is 0 Å². The van der Waals surface area contributed by atoms with Gasteiger partial charge in [-0.25, -0.2) is 9.97 Å². The zero-order valence-electron chi connectivity index (χ0n) is 14.6. The molecule has 2 aromatic rings. The molecule has 0 spiro atoms. The van der Waals surface area contributed by atoms with Crippen molar-refractivity contribution < 1.29 is 5.11 Å². The van der Waals surface area contributed by atoms with Crippen LogP contribution in [0.2, 0.25) is 0 Å². The van der Waals surface area contributed by atoms with E-state index in [-0.39, 0.29) is 6.10 Å². The van der Waals surface area contributed by atoms with Gasteiger partial charge in [0.15, 0.2) is 0 Å². The van der Waals surface area contributed by atoms with E-state index >= 15 is 0 Å². The van der Waals surface area contributed by atoms with Gasteiger partial charge in [0.1, 0.15) is 16.5 Å². The van der Waals surface area contributed by atoms with Crippen molar-refractivity contribution in [1.29, 1.82) is 0 Å². The van der Waals surface area contributed by atoms with Crippen LogP contribution in [0.15, 0.2) is 0 Å². The summed E-state index contributed by atoms with van der Waals surface area (Å²) in [6.45, 7) is 9.29. The lowest BCUT2D eigenvalue weighted by Crippen LogP contribution is -2.36. The quantitative estimate of drug-likeness (QED) is 0.926. The van der Waals surface area contributed by atoms with Gasteiger partial charge in [-0.15, -0.1) is 11.3 Å². The van der Waals surface area contributed by atoms with Gasteiger partial charge in [0.25, 0.3) is 0 Å². The lowest BCUT2D eigenvalue weighted by molar-refractivity contribution is 0.145. The third-order valence-corrected chi connectivity index (χ3v) is 6.48. The Labute approximate surface area is 147 Å². The zero-order valence-corrected chi connectivity index (χ0v) is 15.4. The largest absolute Gasteiger partial charge is 0.393 e. The van der Waals surface area contributed by atoms with Gasteiger partial charge in [0.2, 0.25) is 0 Å². The Morgan fingerprint density at radius 1 is 1.08 bits per heavy atom. The minimum absolute atomic E-state index is 0.159. The van der Waals surface area contributed by atoms with Crippen molar-refractivity contribution in [1.82, 2.24) is 14.9 Å². The summed E-state index contributed by atoms with van der Waals surface area (Å²) >= 11 is 1.78. The molecule has 5 nitrogen and oxygen atoms in total. The van der Waals surface area contributed by atoms with Crippen LogP contribution in [0.3, 0.4) is 0 Å². The van der Waals surface area contributed by atoms with Crippen LogP contribution >= 0.6 is 11.3 Å². The van der Waals surface area contributed by atoms with Gasteiger partial charge < -0.3 is 10.0 Å². The van der Waals surface area contributed by atoms with Crippen LogP contribution in [0.5, 0.6) is 0 Å². The van der Waals surface area contributed by atoms with E-state index < -0.39 is 0 Å². The molecule has 0 saturated carbocycles. The fourth-order valence-corrected chi connectivity index (χ4v) is 4.83. The van der Waals surface area contributed by atoms with Crippen LogP contribution in [-0.2, 0) is 6.54 Å². The van der Waals surface area contributed by atoms with Gasteiger partial charge in [0, 0.05) is 18.0 Å². The van der Waals surface area contributed by atoms with Crippen molar-refractivity contribution in [3.63, 3.8) is 0 Å². The maximum Gasteiger partial charge on any atom is 0.146 e. The maximum atomic E-state index is 9.83. The molecule has 2 fully saturated rings. The normalized spacial score (nSPS) is 20.4. The van der Waals surface area contributed by atoms with E-state index in [1.165, 1.54) is 28.7 Å². The first kappa shape index (κ1) is 16.2. The average Bonchev–Trinajstić information content (AvgIpc) is 3.16. The molecule has 2 aliphatic rings. The number of aryl methyl sites for hydroxylation is 2. The highest BCUT2D eigenvalue weighted by Crippen LogP contribution is 2.36. The Morgan fingerprint density at radius 2 is 1.79 bits per heavy atom. The molecule has 1 N–H and O–H groups in total. The summed E-state index contributed by atoms with van der Waals surface area (Å²) in [6.07, 6.45) is 4.07. The molecular formula is C18H26N4OS. The van der Waals surface area contributed by atoms with Gasteiger partial charge in [-0.05, 0) is 58.2 Å². The number of fused-ring (bicyclic) bond motifs is 1. The minimum atomic E-state index is -0.159. The number of hydrogen-bond donors (Lipinski definition) is 1. The van der Waals surface area contributed by atoms with Crippen LogP contribution in [0.1, 0.15) is 41.9 Å². The smallest absolute Gasteiger partial charge is 0.146 e. The van der Waals surface area contributed by atoms with Crippen LogP contribution in [0.25, 0.3) is 10.2 Å². The summed E-state index contributed by atoms with van der Waals surface area (Å²) in [4.78, 5) is 17.1. The molecule has 0 atom stereocenters. The van der Waals surface area contributed by atoms with Gasteiger partial charge >= 0.3 is 0 Å². The lowest BCUT2D eigenvalue weighted by atomic mass is 10.1. The molecule has 0 unspecified atom stereocenters. The number of piperidine rings is 1. The fraction of sp³-hybridized carbons (Fsp3) is 0.667. The maximum absolute atomic E-state index is 9.83. The molecule has 0 bridgehead atoms. The number of aromatic nitrogens is 2. The number of anilines is 1. The zero-order chi connectivity index (χ0) is 16.7. The summed E-state index contributed by atoms with van der Waals surface area (Å²) < 4.78 is 0. The molecule has 6 heteroatoms. The van der Waals surface area contributed by atoms with Crippen LogP contribution in [0.4, 0.5) is 5.82 Å². The molecule has 2 aliphatic heterocycles. The van der Waals surface area contributed by atoms with Gasteiger partial charge in [-0.2, -0.15) is 0 Å². The Morgan fingerprint density at radius 3 is 2.50 bits per heavy atom. The molecule has 0 radical (unpaired) electrons. The molecule has 0 amide bonds. The molecule has 4 rings (SSSR count). The topological polar surface area (TPSA) is 52.5 Å². The van der Waals surface area contributed by atoms with Crippen LogP contribution < -0.4 is 4.90 Å². The second-order valence-corrected chi connectivity index (χ2v) is 8.33. The Hall–Kier alpha value is -1.24. The second-order valence-electron chi connectivity index (χ2n) is 7.13. The molecule has 2 saturated heterocycles. The summed E-state index contributed by atoms with van der Waals surface area (Å²) in [6, 6.07) is 0. The van der Waals surface area contributed by atoms with E-state index in [2.05, 4.69) is 23.6 Å². The number of nitrogens with zero attached hydrogens (tertiary/aromatic N) is 4. The van der Waals surface area contributed by atoms with Crippen LogP contribution in [0, 0.1) is 13.8 Å². The molecular weight excluding hydrogens is 320 g/mol. The summed E-state index contributed by atoms with van der Waals surface area (Å²) in [7, 11) is 0. The highest BCUT2D eigenvalue weighted by molar-refractivity contribution is 7.18. The van der Waals surface area contributed by atoms with Crippen molar-refractivity contribution >= 4 is 27.4 Å². The van der Waals surface area contributed by atoms with Crippen molar-refractivity contribution in [2.45, 2.75) is 52.2 Å². The molecule has 2 aromatic heterocycles. The lowest BCUT2D eigenvalue weighted by Gasteiger charge is -2.31. The molecule has 130 valence electrons. The molecule has 4 heterocycles. The first-order chi connectivity index (χ1) is 11.6. The van der Waals surface area contributed by atoms with Crippen molar-refractivity contribution in [3.05, 3.63) is 16.3 Å². The average molecular weight is 347 g/mol. The number of aliphatic hydroxyl groups is 1. The SMILES string of the molecule is Cc1sc2nc(CN3CCCC3)nc(N3CCC(O)CC3)c2c1C. The van der Waals surface area contributed by atoms with Gasteiger partial charge in [-0.1, -0.05) is 0 Å². The number of aliphatic hydroxyl groups excluding tert-OH is 1. The van der Waals surface area contributed by atoms with E-state index in [0.29, 0.717) is 0 Å². The number of thiophene rings is 1. The van der Waals surface area contributed by atoms with Crippen molar-refractivity contribution in [2.75, 3.05) is 31.1 Å². The monoisotopic (exact) mass is 346 g/mol. The predicted molar refractivity (Wildman–Crippen MR) is 98.9 cm³/mol. The third-order valence-electron chi connectivity index (χ3n) is 5.38. The van der Waals surface area contributed by atoms with E-state index in [0.717, 1.165) is 62.0 Å². The van der Waals surface area contributed by atoms with E-state index in [1.54, 1.807) is 11.3 Å². The van der Waals surface area contributed by atoms with E-state index in [9.17, 15) is 5.11 Å². The molecule has 0 aromatic carbocycles. The number of likely N-dealkylation sites (tertiary alicyclic amines) is 1. The fourth-order valence-electron chi connectivity index (χ4n) is 3.79. The molecule has 24 heavy (non-hydrogen) atoms. The van der Waals surface area contributed by atoms with Gasteiger partial charge in [-0.3, -0.25) is 4.90 Å². The Balaban J connectivity index is 1.73. The number of hydrogen-bond acceptors (Lipinski definition) is 6. The molecule has 0 aliphatic carbocycles. The first-order valence-corrected chi connectivity index (χ1v) is 9.85. The number of rotatable bonds is 3. The van der Waals surface area contributed by atoms with Crippen LogP contribution in [-0.4, -0.2) is 52.3 Å². The summed E-state index contributed by atoms with van der Waals surface area (Å²) in [5.41, 5.74) is 1.31. The highest BCUT2D eigenvalue weighted by Gasteiger charge is 2.24. The van der Waals surface area contributed by atoms with Gasteiger partial charge in [0.05, 0.1) is 18.0 Å². The first-order valence-electron chi connectivity index (χ1n) is 9.04. The highest BCUT2D eigenvalue weighted by atomic mass is 32.1.